The Hall–Kier alpha value is -5.34. The van der Waals surface area contributed by atoms with Gasteiger partial charge in [-0.2, -0.15) is 13.2 Å². The third-order valence-electron chi connectivity index (χ3n) is 7.72. The van der Waals surface area contributed by atoms with Crippen LogP contribution in [0.3, 0.4) is 0 Å². The maximum atomic E-state index is 13.5. The Balaban J connectivity index is 0.00000401. The normalized spacial score (nSPS) is 11.6. The molecule has 0 aliphatic heterocycles. The Kier molecular flexibility index (Phi) is 9.11. The van der Waals surface area contributed by atoms with E-state index in [0.717, 1.165) is 33.1 Å². The van der Waals surface area contributed by atoms with Gasteiger partial charge in [0.2, 0.25) is 0 Å². The number of hydrogen-bond acceptors (Lipinski definition) is 5. The van der Waals surface area contributed by atoms with Crippen molar-refractivity contribution in [3.05, 3.63) is 180 Å². The first-order valence-electron chi connectivity index (χ1n) is 14.7. The first-order valence-corrected chi connectivity index (χ1v) is 14.7. The van der Waals surface area contributed by atoms with E-state index in [2.05, 4.69) is 22.6 Å². The summed E-state index contributed by atoms with van der Waals surface area (Å²) in [6.07, 6.45) is 1.06. The number of benzene rings is 3. The summed E-state index contributed by atoms with van der Waals surface area (Å²) in [7, 11) is 0. The summed E-state index contributed by atoms with van der Waals surface area (Å²) in [5, 5.41) is 8.26. The first-order chi connectivity index (χ1) is 22.8. The standard InChI is InChI=1S/C37H26F3N7.Pt/c1-27-23-25-45(43-27)32-19-11-21-34(41-32)47(35-22-12-20-33(42-35)46-26-24-31(44-46)37(38,39)40)36(28-13-5-2-6-14-28,29-15-7-3-8-16-29)30-17-9-4-10-18-30;/h2-24H,1H3;/q-2;+2. The van der Waals surface area contributed by atoms with Crippen LogP contribution in [0, 0.1) is 19.3 Å². The fourth-order valence-electron chi connectivity index (χ4n) is 5.73. The molecule has 0 aliphatic rings. The molecule has 7 aromatic rings. The monoisotopic (exact) mass is 820 g/mol. The van der Waals surface area contributed by atoms with Crippen LogP contribution in [0.2, 0.25) is 0 Å². The van der Waals surface area contributed by atoms with Crippen LogP contribution in [-0.4, -0.2) is 29.5 Å². The van der Waals surface area contributed by atoms with E-state index < -0.39 is 17.4 Å². The van der Waals surface area contributed by atoms with E-state index in [1.807, 2.05) is 121 Å². The van der Waals surface area contributed by atoms with Gasteiger partial charge in [0, 0.05) is 0 Å². The zero-order valence-corrected chi connectivity index (χ0v) is 27.6. The molecule has 0 spiro atoms. The SMILES string of the molecule is Cc1c[c-]n(-c2cccc(N(c3cccc(-n4[c-]cc(C(F)(F)F)n4)n3)C(c3ccccc3)(c3ccccc3)c3ccccc3)n2)n1.[Pt+2]. The van der Waals surface area contributed by atoms with Gasteiger partial charge in [-0.15, -0.1) is 12.1 Å². The Morgan fingerprint density at radius 3 is 1.40 bits per heavy atom. The molecule has 0 saturated carbocycles. The molecule has 0 fully saturated rings. The van der Waals surface area contributed by atoms with Crippen molar-refractivity contribution >= 4 is 11.6 Å². The second-order valence-corrected chi connectivity index (χ2v) is 10.7. The number of alkyl halides is 3. The van der Waals surface area contributed by atoms with Crippen molar-refractivity contribution in [2.45, 2.75) is 18.6 Å². The van der Waals surface area contributed by atoms with Gasteiger partial charge >= 0.3 is 27.2 Å². The number of rotatable bonds is 8. The molecule has 0 atom stereocenters. The third kappa shape index (κ3) is 6.07. The molecule has 7 nitrogen and oxygen atoms in total. The van der Waals surface area contributed by atoms with Crippen molar-refractivity contribution in [1.82, 2.24) is 29.5 Å². The number of aryl methyl sites for hydroxylation is 1. The van der Waals surface area contributed by atoms with Gasteiger partial charge in [0.1, 0.15) is 17.2 Å². The van der Waals surface area contributed by atoms with Crippen molar-refractivity contribution < 1.29 is 34.2 Å². The van der Waals surface area contributed by atoms with Crippen LogP contribution in [0.4, 0.5) is 24.8 Å². The average Bonchev–Trinajstić information content (AvgIpc) is 3.79. The molecular formula is C37H26F3N7Pt. The van der Waals surface area contributed by atoms with Gasteiger partial charge in [-0.25, -0.2) is 0 Å². The minimum Gasteiger partial charge on any atom is -0.343 e. The van der Waals surface area contributed by atoms with Crippen LogP contribution in [0.5, 0.6) is 0 Å². The molecule has 0 saturated heterocycles. The predicted molar refractivity (Wildman–Crippen MR) is 171 cm³/mol. The van der Waals surface area contributed by atoms with Crippen LogP contribution < -0.4 is 4.90 Å². The molecule has 4 aromatic heterocycles. The molecule has 0 radical (unpaired) electrons. The largest absolute Gasteiger partial charge is 2.00 e. The molecule has 11 heteroatoms. The fraction of sp³-hybridized carbons (Fsp3) is 0.0811. The topological polar surface area (TPSA) is 64.7 Å². The average molecular weight is 821 g/mol. The molecule has 48 heavy (non-hydrogen) atoms. The molecule has 3 aromatic carbocycles. The summed E-state index contributed by atoms with van der Waals surface area (Å²) in [4.78, 5) is 12.0. The third-order valence-corrected chi connectivity index (χ3v) is 7.72. The first kappa shape index (κ1) is 32.6. The molecule has 0 aliphatic carbocycles. The van der Waals surface area contributed by atoms with E-state index in [-0.39, 0.29) is 26.9 Å². The van der Waals surface area contributed by atoms with Gasteiger partial charge in [0.15, 0.2) is 0 Å². The van der Waals surface area contributed by atoms with Crippen LogP contribution in [0.15, 0.2) is 140 Å². The maximum Gasteiger partial charge on any atom is 2.00 e. The smallest absolute Gasteiger partial charge is 0.343 e. The Morgan fingerprint density at radius 1 is 0.562 bits per heavy atom. The van der Waals surface area contributed by atoms with Crippen molar-refractivity contribution in [2.75, 3.05) is 4.90 Å². The number of hydrogen-bond donors (Lipinski definition) is 0. The minimum absolute atomic E-state index is 0. The molecule has 0 bridgehead atoms. The van der Waals surface area contributed by atoms with E-state index in [4.69, 9.17) is 9.97 Å². The summed E-state index contributed by atoms with van der Waals surface area (Å²) in [6, 6.07) is 43.2. The van der Waals surface area contributed by atoms with Crippen molar-refractivity contribution in [3.8, 4) is 11.6 Å². The molecular weight excluding hydrogens is 795 g/mol. The fourth-order valence-corrected chi connectivity index (χ4v) is 5.73. The van der Waals surface area contributed by atoms with Crippen molar-refractivity contribution in [1.29, 1.82) is 0 Å². The Morgan fingerprint density at radius 2 is 1.00 bits per heavy atom. The van der Waals surface area contributed by atoms with Gasteiger partial charge in [0.05, 0.1) is 17.3 Å². The molecule has 0 N–H and O–H groups in total. The summed E-state index contributed by atoms with van der Waals surface area (Å²) >= 11 is 0. The molecule has 0 amide bonds. The summed E-state index contributed by atoms with van der Waals surface area (Å²) in [6.45, 7) is 1.88. The predicted octanol–water partition coefficient (Wildman–Crippen LogP) is 7.90. The van der Waals surface area contributed by atoms with Gasteiger partial charge in [0.25, 0.3) is 0 Å². The van der Waals surface area contributed by atoms with Crippen LogP contribution in [0.25, 0.3) is 11.6 Å². The quantitative estimate of drug-likeness (QED) is 0.115. The van der Waals surface area contributed by atoms with E-state index in [1.165, 1.54) is 0 Å². The zero-order chi connectivity index (χ0) is 32.4. The molecule has 0 unspecified atom stereocenters. The minimum atomic E-state index is -4.62. The second-order valence-electron chi connectivity index (χ2n) is 10.7. The maximum absolute atomic E-state index is 13.5. The summed E-state index contributed by atoms with van der Waals surface area (Å²) in [5.74, 6) is 1.58. The van der Waals surface area contributed by atoms with Crippen LogP contribution in [-0.2, 0) is 32.8 Å². The second kappa shape index (κ2) is 13.4. The van der Waals surface area contributed by atoms with Gasteiger partial charge < -0.3 is 9.36 Å². The summed E-state index contributed by atoms with van der Waals surface area (Å²) in [5.41, 5.74) is 1.36. The number of halogens is 3. The Labute approximate surface area is 289 Å². The van der Waals surface area contributed by atoms with Gasteiger partial charge in [-0.1, -0.05) is 135 Å². The van der Waals surface area contributed by atoms with E-state index >= 15 is 0 Å². The van der Waals surface area contributed by atoms with Gasteiger partial charge in [-0.05, 0) is 34.5 Å². The van der Waals surface area contributed by atoms with E-state index in [1.54, 1.807) is 28.9 Å². The van der Waals surface area contributed by atoms with Gasteiger partial charge in [-0.3, -0.25) is 25.1 Å². The summed E-state index contributed by atoms with van der Waals surface area (Å²) < 4.78 is 43.1. The number of nitrogens with zero attached hydrogens (tertiary/aromatic N) is 7. The number of pyridine rings is 2. The molecule has 7 rings (SSSR count). The van der Waals surface area contributed by atoms with Crippen LogP contribution in [0.1, 0.15) is 28.1 Å². The zero-order valence-electron chi connectivity index (χ0n) is 25.4. The number of anilines is 2. The van der Waals surface area contributed by atoms with Crippen LogP contribution >= 0.6 is 0 Å². The van der Waals surface area contributed by atoms with Crippen molar-refractivity contribution in [3.63, 3.8) is 0 Å². The van der Waals surface area contributed by atoms with E-state index in [0.29, 0.717) is 17.5 Å². The van der Waals surface area contributed by atoms with Crippen molar-refractivity contribution in [2.24, 2.45) is 0 Å². The number of aromatic nitrogens is 6. The molecule has 4 heterocycles. The molecule has 240 valence electrons. The van der Waals surface area contributed by atoms with E-state index in [9.17, 15) is 13.2 Å². The Bertz CT molecular complexity index is 2020.